The number of hydrogen-bond donors (Lipinski definition) is 1. The lowest BCUT2D eigenvalue weighted by Gasteiger charge is -2.41. The van der Waals surface area contributed by atoms with Crippen molar-refractivity contribution >= 4 is 11.1 Å². The number of ether oxygens (including phenoxy) is 1. The van der Waals surface area contributed by atoms with Gasteiger partial charge in [0.25, 0.3) is 0 Å². The van der Waals surface area contributed by atoms with Crippen molar-refractivity contribution in [2.75, 3.05) is 26.8 Å². The molecule has 2 aromatic rings. The number of aromatic nitrogens is 1. The van der Waals surface area contributed by atoms with Crippen LogP contribution in [0.3, 0.4) is 0 Å². The molecule has 4 nitrogen and oxygen atoms in total. The summed E-state index contributed by atoms with van der Waals surface area (Å²) in [6.07, 6.45) is 0. The Hall–Kier alpha value is -1.39. The number of nitrogens with one attached hydrogen (secondary N) is 1. The second-order valence-electron chi connectivity index (χ2n) is 4.72. The predicted molar refractivity (Wildman–Crippen MR) is 65.2 cm³/mol. The molecular formula is C13H16N2O2. The Kier molecular flexibility index (Phi) is 2.42. The van der Waals surface area contributed by atoms with E-state index in [1.54, 1.807) is 0 Å². The van der Waals surface area contributed by atoms with E-state index in [1.807, 2.05) is 20.0 Å². The van der Waals surface area contributed by atoms with Crippen molar-refractivity contribution in [3.05, 3.63) is 29.7 Å². The van der Waals surface area contributed by atoms with Crippen molar-refractivity contribution in [1.82, 2.24) is 10.3 Å². The number of oxazole rings is 1. The summed E-state index contributed by atoms with van der Waals surface area (Å²) < 4.78 is 10.9. The minimum atomic E-state index is 0.107. The second-order valence-corrected chi connectivity index (χ2v) is 4.72. The molecule has 1 aliphatic rings. The van der Waals surface area contributed by atoms with E-state index in [9.17, 15) is 0 Å². The van der Waals surface area contributed by atoms with E-state index in [1.165, 1.54) is 5.56 Å². The van der Waals surface area contributed by atoms with Gasteiger partial charge in [-0.3, -0.25) is 0 Å². The van der Waals surface area contributed by atoms with Crippen molar-refractivity contribution in [3.63, 3.8) is 0 Å². The number of rotatable bonds is 3. The van der Waals surface area contributed by atoms with Gasteiger partial charge in [0.2, 0.25) is 0 Å². The van der Waals surface area contributed by atoms with Crippen LogP contribution in [0.5, 0.6) is 0 Å². The molecule has 0 amide bonds. The minimum absolute atomic E-state index is 0.107. The van der Waals surface area contributed by atoms with Gasteiger partial charge in [0, 0.05) is 13.5 Å². The molecule has 0 saturated carbocycles. The quantitative estimate of drug-likeness (QED) is 0.873. The van der Waals surface area contributed by atoms with E-state index >= 15 is 0 Å². The van der Waals surface area contributed by atoms with Crippen molar-refractivity contribution in [3.8, 4) is 0 Å². The van der Waals surface area contributed by atoms with Gasteiger partial charge in [0.05, 0.1) is 18.6 Å². The van der Waals surface area contributed by atoms with Gasteiger partial charge in [-0.05, 0) is 24.7 Å². The Morgan fingerprint density at radius 3 is 2.88 bits per heavy atom. The van der Waals surface area contributed by atoms with Gasteiger partial charge in [-0.15, -0.1) is 0 Å². The van der Waals surface area contributed by atoms with E-state index in [4.69, 9.17) is 9.15 Å². The lowest BCUT2D eigenvalue weighted by Crippen LogP contribution is -2.52. The summed E-state index contributed by atoms with van der Waals surface area (Å²) in [6.45, 7) is 4.34. The molecule has 1 aliphatic heterocycles. The molecule has 0 radical (unpaired) electrons. The Bertz CT molecular complexity index is 543. The van der Waals surface area contributed by atoms with Crippen molar-refractivity contribution in [1.29, 1.82) is 0 Å². The van der Waals surface area contributed by atoms with Crippen LogP contribution < -0.4 is 5.32 Å². The highest BCUT2D eigenvalue weighted by Crippen LogP contribution is 2.33. The van der Waals surface area contributed by atoms with E-state index in [-0.39, 0.29) is 5.41 Å². The molecule has 0 aliphatic carbocycles. The van der Waals surface area contributed by atoms with Gasteiger partial charge in [-0.2, -0.15) is 0 Å². The fraction of sp³-hybridized carbons (Fsp3) is 0.462. The molecule has 1 N–H and O–H groups in total. The van der Waals surface area contributed by atoms with Crippen molar-refractivity contribution in [2.24, 2.45) is 0 Å². The first-order valence-electron chi connectivity index (χ1n) is 5.84. The molecule has 1 aromatic carbocycles. The van der Waals surface area contributed by atoms with Gasteiger partial charge < -0.3 is 14.5 Å². The highest BCUT2D eigenvalue weighted by molar-refractivity contribution is 5.74. The third-order valence-electron chi connectivity index (χ3n) is 3.38. The van der Waals surface area contributed by atoms with Crippen LogP contribution in [-0.2, 0) is 10.2 Å². The van der Waals surface area contributed by atoms with Crippen LogP contribution in [0, 0.1) is 6.92 Å². The summed E-state index contributed by atoms with van der Waals surface area (Å²) in [5.41, 5.74) is 3.17. The number of fused-ring (bicyclic) bond motifs is 1. The smallest absolute Gasteiger partial charge is 0.192 e. The molecule has 0 spiro atoms. The SMILES string of the molecule is CNCC1(c2ccc3oc(C)nc3c2)COC1. The Morgan fingerprint density at radius 1 is 1.41 bits per heavy atom. The molecule has 1 fully saturated rings. The first-order chi connectivity index (χ1) is 8.23. The van der Waals surface area contributed by atoms with Crippen LogP contribution in [0.25, 0.3) is 11.1 Å². The molecule has 4 heteroatoms. The first-order valence-corrected chi connectivity index (χ1v) is 5.84. The summed E-state index contributed by atoms with van der Waals surface area (Å²) in [5, 5.41) is 3.24. The summed E-state index contributed by atoms with van der Waals surface area (Å²) >= 11 is 0. The Morgan fingerprint density at radius 2 is 2.24 bits per heavy atom. The zero-order chi connectivity index (χ0) is 11.9. The van der Waals surface area contributed by atoms with Crippen LogP contribution in [0.15, 0.2) is 22.6 Å². The number of likely N-dealkylation sites (N-methyl/N-ethyl adjacent to an activating group) is 1. The van der Waals surface area contributed by atoms with Crippen LogP contribution in [0.2, 0.25) is 0 Å². The second kappa shape index (κ2) is 3.82. The van der Waals surface area contributed by atoms with Crippen LogP contribution >= 0.6 is 0 Å². The van der Waals surface area contributed by atoms with Crippen LogP contribution in [0.1, 0.15) is 11.5 Å². The summed E-state index contributed by atoms with van der Waals surface area (Å²) in [7, 11) is 1.97. The molecule has 0 unspecified atom stereocenters. The monoisotopic (exact) mass is 232 g/mol. The fourth-order valence-electron chi connectivity index (χ4n) is 2.43. The number of aryl methyl sites for hydroxylation is 1. The predicted octanol–water partition coefficient (Wildman–Crippen LogP) is 1.62. The molecule has 1 saturated heterocycles. The molecular weight excluding hydrogens is 216 g/mol. The molecule has 0 atom stereocenters. The number of nitrogens with zero attached hydrogens (tertiary/aromatic N) is 1. The topological polar surface area (TPSA) is 47.3 Å². The standard InChI is InChI=1S/C13H16N2O2/c1-9-15-11-5-10(3-4-12(11)17-9)13(6-14-2)7-16-8-13/h3-5,14H,6-8H2,1-2H3. The zero-order valence-electron chi connectivity index (χ0n) is 10.1. The van der Waals surface area contributed by atoms with Crippen LogP contribution in [0.4, 0.5) is 0 Å². The van der Waals surface area contributed by atoms with E-state index in [0.717, 1.165) is 30.9 Å². The lowest BCUT2D eigenvalue weighted by atomic mass is 9.78. The van der Waals surface area contributed by atoms with Gasteiger partial charge in [0.15, 0.2) is 11.5 Å². The van der Waals surface area contributed by atoms with Gasteiger partial charge in [0.1, 0.15) is 5.52 Å². The average Bonchev–Trinajstić information content (AvgIpc) is 2.62. The van der Waals surface area contributed by atoms with Gasteiger partial charge in [-0.25, -0.2) is 4.98 Å². The number of benzene rings is 1. The molecule has 3 rings (SSSR count). The molecule has 90 valence electrons. The average molecular weight is 232 g/mol. The third-order valence-corrected chi connectivity index (χ3v) is 3.38. The Labute approximate surface area is 100.0 Å². The summed E-state index contributed by atoms with van der Waals surface area (Å²) in [4.78, 5) is 4.38. The third kappa shape index (κ3) is 1.64. The maximum atomic E-state index is 5.49. The maximum absolute atomic E-state index is 5.49. The minimum Gasteiger partial charge on any atom is -0.441 e. The normalized spacial score (nSPS) is 18.2. The fourth-order valence-corrected chi connectivity index (χ4v) is 2.43. The first kappa shape index (κ1) is 10.7. The van der Waals surface area contributed by atoms with Gasteiger partial charge >= 0.3 is 0 Å². The van der Waals surface area contributed by atoms with Crippen molar-refractivity contribution < 1.29 is 9.15 Å². The van der Waals surface area contributed by atoms with Crippen LogP contribution in [-0.4, -0.2) is 31.8 Å². The zero-order valence-corrected chi connectivity index (χ0v) is 10.1. The Balaban J connectivity index is 2.04. The molecule has 1 aromatic heterocycles. The highest BCUT2D eigenvalue weighted by Gasteiger charge is 2.39. The molecule has 2 heterocycles. The van der Waals surface area contributed by atoms with E-state index < -0.39 is 0 Å². The van der Waals surface area contributed by atoms with Crippen molar-refractivity contribution in [2.45, 2.75) is 12.3 Å². The summed E-state index contributed by atoms with van der Waals surface area (Å²) in [6, 6.07) is 6.24. The maximum Gasteiger partial charge on any atom is 0.192 e. The molecule has 0 bridgehead atoms. The van der Waals surface area contributed by atoms with E-state index in [2.05, 4.69) is 22.4 Å². The van der Waals surface area contributed by atoms with Gasteiger partial charge in [-0.1, -0.05) is 6.07 Å². The largest absolute Gasteiger partial charge is 0.441 e. The highest BCUT2D eigenvalue weighted by atomic mass is 16.5. The lowest BCUT2D eigenvalue weighted by molar-refractivity contribution is -0.0582. The summed E-state index contributed by atoms with van der Waals surface area (Å²) in [5.74, 6) is 0.713. The number of hydrogen-bond acceptors (Lipinski definition) is 4. The van der Waals surface area contributed by atoms with E-state index in [0.29, 0.717) is 5.89 Å². The molecule has 17 heavy (non-hydrogen) atoms.